The predicted octanol–water partition coefficient (Wildman–Crippen LogP) is 0.529. The first-order valence-corrected chi connectivity index (χ1v) is 2.63. The molecule has 2 heterocycles. The lowest BCUT2D eigenvalue weighted by Gasteiger charge is -1.83. The summed E-state index contributed by atoms with van der Waals surface area (Å²) in [5, 5.41) is 7.45. The number of nitrogens with zero attached hydrogens (tertiary/aromatic N) is 3. The second-order valence-electron chi connectivity index (χ2n) is 1.73. The van der Waals surface area contributed by atoms with E-state index in [1.165, 1.54) is 0 Å². The Hall–Kier alpha value is -1.38. The molecule has 0 amide bonds. The molecule has 2 aromatic heterocycles. The van der Waals surface area contributed by atoms with Gasteiger partial charge in [-0.3, -0.25) is 0 Å². The molecule has 0 fully saturated rings. The zero-order chi connectivity index (χ0) is 6.10. The molecule has 43 valence electrons. The molecule has 0 saturated heterocycles. The van der Waals surface area contributed by atoms with Crippen LogP contribution in [0, 0.1) is 6.07 Å². The monoisotopic (exact) mass is 118 g/mol. The molecule has 2 aromatic rings. The highest BCUT2D eigenvalue weighted by Gasteiger charge is 1.87. The summed E-state index contributed by atoms with van der Waals surface area (Å²) in [7, 11) is 0. The Morgan fingerprint density at radius 1 is 1.56 bits per heavy atom. The van der Waals surface area contributed by atoms with Crippen molar-refractivity contribution >= 4 is 5.52 Å². The fourth-order valence-electron chi connectivity index (χ4n) is 0.718. The molecule has 0 saturated carbocycles. The average Bonchev–Trinajstić information content (AvgIpc) is 2.33. The van der Waals surface area contributed by atoms with Crippen LogP contribution in [0.1, 0.15) is 0 Å². The van der Waals surface area contributed by atoms with Crippen molar-refractivity contribution in [3.8, 4) is 0 Å². The summed E-state index contributed by atoms with van der Waals surface area (Å²) in [6.45, 7) is 0. The summed E-state index contributed by atoms with van der Waals surface area (Å²) in [5.74, 6) is 0. The summed E-state index contributed by atoms with van der Waals surface area (Å²) in [5.41, 5.74) is 0.994. The van der Waals surface area contributed by atoms with Crippen LogP contribution in [0.15, 0.2) is 24.5 Å². The summed E-state index contributed by atoms with van der Waals surface area (Å²) < 4.78 is 1.67. The van der Waals surface area contributed by atoms with Gasteiger partial charge >= 0.3 is 0 Å². The van der Waals surface area contributed by atoms with Crippen molar-refractivity contribution < 1.29 is 0 Å². The van der Waals surface area contributed by atoms with Gasteiger partial charge in [0.05, 0.1) is 11.7 Å². The van der Waals surface area contributed by atoms with Crippen molar-refractivity contribution in [3.63, 3.8) is 0 Å². The minimum atomic E-state index is 0.994. The molecule has 0 aliphatic rings. The van der Waals surface area contributed by atoms with Gasteiger partial charge in [-0.05, 0) is 6.07 Å². The molecule has 0 spiro atoms. The fraction of sp³-hybridized carbons (Fsp3) is 0. The molecule has 3 heteroatoms. The maximum Gasteiger partial charge on any atom is 0.0865 e. The van der Waals surface area contributed by atoms with Gasteiger partial charge in [0.15, 0.2) is 0 Å². The van der Waals surface area contributed by atoms with Crippen LogP contribution in [0.3, 0.4) is 0 Å². The number of rotatable bonds is 0. The average molecular weight is 118 g/mol. The minimum absolute atomic E-state index is 0.994. The van der Waals surface area contributed by atoms with Gasteiger partial charge < -0.3 is 0 Å². The molecular weight excluding hydrogens is 114 g/mol. The molecule has 0 atom stereocenters. The summed E-state index contributed by atoms with van der Waals surface area (Å²) in [4.78, 5) is 0. The smallest absolute Gasteiger partial charge is 0.0865 e. The van der Waals surface area contributed by atoms with Gasteiger partial charge in [0.2, 0.25) is 0 Å². The van der Waals surface area contributed by atoms with Crippen molar-refractivity contribution in [2.75, 3.05) is 0 Å². The van der Waals surface area contributed by atoms with Crippen LogP contribution >= 0.6 is 0 Å². The quantitative estimate of drug-likeness (QED) is 0.505. The Bertz CT molecular complexity index is 282. The lowest BCUT2D eigenvalue weighted by Crippen LogP contribution is -1.83. The standard InChI is InChI=1S/C6H4N3/c1-2-4-9-6(3-1)5-7-8-9/h1,3-5H. The number of pyridine rings is 1. The highest BCUT2D eigenvalue weighted by molar-refractivity contribution is 5.41. The largest absolute Gasteiger partial charge is 0.220 e. The van der Waals surface area contributed by atoms with E-state index in [9.17, 15) is 0 Å². The van der Waals surface area contributed by atoms with E-state index in [-0.39, 0.29) is 0 Å². The molecule has 0 unspecified atom stereocenters. The van der Waals surface area contributed by atoms with Gasteiger partial charge in [0.25, 0.3) is 0 Å². The Balaban J connectivity index is 2.95. The molecule has 0 aromatic carbocycles. The first-order chi connectivity index (χ1) is 4.47. The maximum absolute atomic E-state index is 3.75. The van der Waals surface area contributed by atoms with E-state index in [0.717, 1.165) is 5.52 Å². The lowest BCUT2D eigenvalue weighted by atomic mass is 10.4. The molecule has 0 aliphatic heterocycles. The Morgan fingerprint density at radius 2 is 2.56 bits per heavy atom. The molecular formula is C6H4N3. The SMILES string of the molecule is [c]1ccc2cnnn2c1. The Labute approximate surface area is 51.9 Å². The van der Waals surface area contributed by atoms with Crippen LogP contribution < -0.4 is 0 Å². The fourth-order valence-corrected chi connectivity index (χ4v) is 0.718. The van der Waals surface area contributed by atoms with Crippen molar-refractivity contribution in [2.24, 2.45) is 0 Å². The van der Waals surface area contributed by atoms with Crippen molar-refractivity contribution in [1.29, 1.82) is 0 Å². The van der Waals surface area contributed by atoms with E-state index in [4.69, 9.17) is 0 Å². The van der Waals surface area contributed by atoms with Crippen molar-refractivity contribution in [2.45, 2.75) is 0 Å². The van der Waals surface area contributed by atoms with Crippen LogP contribution in [-0.4, -0.2) is 14.8 Å². The second kappa shape index (κ2) is 1.55. The number of aromatic nitrogens is 3. The van der Waals surface area contributed by atoms with E-state index in [1.54, 1.807) is 16.9 Å². The lowest BCUT2D eigenvalue weighted by molar-refractivity contribution is 0.854. The van der Waals surface area contributed by atoms with E-state index in [1.807, 2.05) is 12.1 Å². The first-order valence-electron chi connectivity index (χ1n) is 2.63. The highest BCUT2D eigenvalue weighted by atomic mass is 15.4. The van der Waals surface area contributed by atoms with Gasteiger partial charge in [0, 0.05) is 12.3 Å². The van der Waals surface area contributed by atoms with Gasteiger partial charge in [-0.15, -0.1) is 5.10 Å². The van der Waals surface area contributed by atoms with Crippen molar-refractivity contribution in [3.05, 3.63) is 30.6 Å². The third-order valence-electron chi connectivity index (χ3n) is 1.15. The first kappa shape index (κ1) is 4.49. The number of hydrogen-bond donors (Lipinski definition) is 0. The predicted molar refractivity (Wildman–Crippen MR) is 31.8 cm³/mol. The molecule has 2 rings (SSSR count). The van der Waals surface area contributed by atoms with Gasteiger partial charge in [-0.2, -0.15) is 0 Å². The maximum atomic E-state index is 3.75. The summed E-state index contributed by atoms with van der Waals surface area (Å²) in [6, 6.07) is 6.62. The zero-order valence-electron chi connectivity index (χ0n) is 4.65. The molecule has 3 nitrogen and oxygen atoms in total. The topological polar surface area (TPSA) is 30.2 Å². The highest BCUT2D eigenvalue weighted by Crippen LogP contribution is 1.95. The third-order valence-corrected chi connectivity index (χ3v) is 1.15. The van der Waals surface area contributed by atoms with E-state index >= 15 is 0 Å². The van der Waals surface area contributed by atoms with Crippen molar-refractivity contribution in [1.82, 2.24) is 14.8 Å². The normalized spacial score (nSPS) is 10.2. The van der Waals surface area contributed by atoms with Crippen LogP contribution in [0.2, 0.25) is 0 Å². The molecule has 0 N–H and O–H groups in total. The molecule has 0 aliphatic carbocycles. The second-order valence-corrected chi connectivity index (χ2v) is 1.73. The number of hydrogen-bond acceptors (Lipinski definition) is 2. The summed E-state index contributed by atoms with van der Waals surface area (Å²) >= 11 is 0. The minimum Gasteiger partial charge on any atom is -0.220 e. The van der Waals surface area contributed by atoms with E-state index in [0.29, 0.717) is 0 Å². The Morgan fingerprint density at radius 3 is 3.44 bits per heavy atom. The zero-order valence-corrected chi connectivity index (χ0v) is 4.65. The number of fused-ring (bicyclic) bond motifs is 1. The van der Waals surface area contributed by atoms with Crippen LogP contribution in [0.25, 0.3) is 5.52 Å². The van der Waals surface area contributed by atoms with Crippen LogP contribution in [-0.2, 0) is 0 Å². The van der Waals surface area contributed by atoms with Gasteiger partial charge in [-0.25, -0.2) is 4.52 Å². The summed E-state index contributed by atoms with van der Waals surface area (Å²) in [6.07, 6.45) is 3.44. The van der Waals surface area contributed by atoms with Crippen LogP contribution in [0.4, 0.5) is 0 Å². The third kappa shape index (κ3) is 0.579. The van der Waals surface area contributed by atoms with Gasteiger partial charge in [0.1, 0.15) is 0 Å². The molecule has 0 bridgehead atoms. The van der Waals surface area contributed by atoms with Crippen LogP contribution in [0.5, 0.6) is 0 Å². The molecule has 1 radical (unpaired) electrons. The molecule has 9 heavy (non-hydrogen) atoms. The Kier molecular flexibility index (Phi) is 0.773. The van der Waals surface area contributed by atoms with E-state index < -0.39 is 0 Å². The van der Waals surface area contributed by atoms with E-state index in [2.05, 4.69) is 16.4 Å². The van der Waals surface area contributed by atoms with Gasteiger partial charge in [-0.1, -0.05) is 11.3 Å².